The van der Waals surface area contributed by atoms with Crippen LogP contribution in [-0.4, -0.2) is 39.5 Å². The van der Waals surface area contributed by atoms with Gasteiger partial charge in [0.25, 0.3) is 0 Å². The average molecular weight is 325 g/mol. The molecule has 1 N–H and O–H groups in total. The number of aryl methyl sites for hydroxylation is 2. The predicted octanol–water partition coefficient (Wildman–Crippen LogP) is 3.44. The van der Waals surface area contributed by atoms with E-state index in [4.69, 9.17) is 0 Å². The van der Waals surface area contributed by atoms with Gasteiger partial charge in [0.1, 0.15) is 11.6 Å². The summed E-state index contributed by atoms with van der Waals surface area (Å²) in [5.41, 5.74) is 3.44. The van der Waals surface area contributed by atoms with Crippen molar-refractivity contribution in [2.75, 3.05) is 25.0 Å². The highest BCUT2D eigenvalue weighted by Crippen LogP contribution is 2.25. The van der Waals surface area contributed by atoms with Gasteiger partial charge in [-0.2, -0.15) is 0 Å². The molecule has 0 spiro atoms. The van der Waals surface area contributed by atoms with Crippen LogP contribution in [0.2, 0.25) is 0 Å². The number of hydrogen-bond donors (Lipinski definition) is 1. The molecular weight excluding hydrogens is 298 g/mol. The molecule has 0 aliphatic carbocycles. The SMILES string of the molecule is Cc1nc(C)c(C)c(NCC(c2cccnc2)N2CCCCC2)n1. The number of hydrogen-bond acceptors (Lipinski definition) is 5. The fraction of sp³-hybridized carbons (Fsp3) is 0.526. The van der Waals surface area contributed by atoms with Crippen molar-refractivity contribution < 1.29 is 0 Å². The third kappa shape index (κ3) is 3.90. The van der Waals surface area contributed by atoms with Crippen LogP contribution in [-0.2, 0) is 0 Å². The van der Waals surface area contributed by atoms with Gasteiger partial charge in [0, 0.05) is 30.2 Å². The summed E-state index contributed by atoms with van der Waals surface area (Å²) in [6.07, 6.45) is 7.73. The van der Waals surface area contributed by atoms with Crippen molar-refractivity contribution in [2.45, 2.75) is 46.1 Å². The maximum atomic E-state index is 4.59. The van der Waals surface area contributed by atoms with Gasteiger partial charge in [0.05, 0.1) is 6.04 Å². The molecule has 5 heteroatoms. The van der Waals surface area contributed by atoms with Crippen LogP contribution in [0.25, 0.3) is 0 Å². The van der Waals surface area contributed by atoms with E-state index in [-0.39, 0.29) is 0 Å². The molecule has 2 aromatic rings. The molecule has 3 heterocycles. The van der Waals surface area contributed by atoms with Crippen LogP contribution in [0.4, 0.5) is 5.82 Å². The zero-order valence-electron chi connectivity index (χ0n) is 14.9. The summed E-state index contributed by atoms with van der Waals surface area (Å²) in [6.45, 7) is 9.21. The predicted molar refractivity (Wildman–Crippen MR) is 97.1 cm³/mol. The molecule has 3 rings (SSSR count). The molecule has 1 aliphatic heterocycles. The Balaban J connectivity index is 1.79. The van der Waals surface area contributed by atoms with E-state index in [1.165, 1.54) is 24.8 Å². The molecule has 24 heavy (non-hydrogen) atoms. The topological polar surface area (TPSA) is 53.9 Å². The molecule has 2 aromatic heterocycles. The molecule has 0 aromatic carbocycles. The molecule has 1 saturated heterocycles. The van der Waals surface area contributed by atoms with Gasteiger partial charge >= 0.3 is 0 Å². The van der Waals surface area contributed by atoms with E-state index in [9.17, 15) is 0 Å². The molecule has 0 saturated carbocycles. The second kappa shape index (κ2) is 7.71. The van der Waals surface area contributed by atoms with Crippen molar-refractivity contribution >= 4 is 5.82 Å². The molecule has 1 atom stereocenters. The zero-order chi connectivity index (χ0) is 16.9. The lowest BCUT2D eigenvalue weighted by Crippen LogP contribution is -2.37. The molecule has 0 bridgehead atoms. The summed E-state index contributed by atoms with van der Waals surface area (Å²) >= 11 is 0. The summed E-state index contributed by atoms with van der Waals surface area (Å²) in [4.78, 5) is 15.9. The first-order valence-electron chi connectivity index (χ1n) is 8.85. The Morgan fingerprint density at radius 2 is 1.92 bits per heavy atom. The van der Waals surface area contributed by atoms with E-state index in [0.29, 0.717) is 6.04 Å². The van der Waals surface area contributed by atoms with Crippen molar-refractivity contribution in [2.24, 2.45) is 0 Å². The molecule has 1 fully saturated rings. The quantitative estimate of drug-likeness (QED) is 0.912. The number of rotatable bonds is 5. The smallest absolute Gasteiger partial charge is 0.132 e. The highest BCUT2D eigenvalue weighted by molar-refractivity contribution is 5.45. The lowest BCUT2D eigenvalue weighted by Gasteiger charge is -2.35. The maximum Gasteiger partial charge on any atom is 0.132 e. The van der Waals surface area contributed by atoms with Gasteiger partial charge in [-0.3, -0.25) is 9.88 Å². The fourth-order valence-electron chi connectivity index (χ4n) is 3.39. The Morgan fingerprint density at radius 3 is 2.62 bits per heavy atom. The Morgan fingerprint density at radius 1 is 1.12 bits per heavy atom. The van der Waals surface area contributed by atoms with E-state index in [2.05, 4.69) is 38.2 Å². The van der Waals surface area contributed by atoms with Crippen LogP contribution in [0, 0.1) is 20.8 Å². The van der Waals surface area contributed by atoms with Crippen molar-refractivity contribution in [3.05, 3.63) is 47.2 Å². The molecule has 1 aliphatic rings. The number of anilines is 1. The molecule has 0 amide bonds. The minimum atomic E-state index is 0.328. The van der Waals surface area contributed by atoms with Crippen molar-refractivity contribution in [3.8, 4) is 0 Å². The van der Waals surface area contributed by atoms with Crippen LogP contribution in [0.1, 0.15) is 47.9 Å². The third-order valence-corrected chi connectivity index (χ3v) is 4.86. The minimum Gasteiger partial charge on any atom is -0.368 e. The van der Waals surface area contributed by atoms with Gasteiger partial charge in [0.15, 0.2) is 0 Å². The highest BCUT2D eigenvalue weighted by atomic mass is 15.2. The molecule has 0 radical (unpaired) electrons. The van der Waals surface area contributed by atoms with Gasteiger partial charge in [-0.05, 0) is 58.3 Å². The molecule has 1 unspecified atom stereocenters. The summed E-state index contributed by atoms with van der Waals surface area (Å²) in [7, 11) is 0. The van der Waals surface area contributed by atoms with Crippen molar-refractivity contribution in [3.63, 3.8) is 0 Å². The van der Waals surface area contributed by atoms with Gasteiger partial charge in [-0.15, -0.1) is 0 Å². The average Bonchev–Trinajstić information content (AvgIpc) is 2.61. The summed E-state index contributed by atoms with van der Waals surface area (Å²) in [5.74, 6) is 1.77. The number of piperidine rings is 1. The molecule has 128 valence electrons. The van der Waals surface area contributed by atoms with E-state index < -0.39 is 0 Å². The lowest BCUT2D eigenvalue weighted by atomic mass is 10.0. The Kier molecular flexibility index (Phi) is 5.41. The largest absolute Gasteiger partial charge is 0.368 e. The van der Waals surface area contributed by atoms with Crippen LogP contribution < -0.4 is 5.32 Å². The molecular formula is C19H27N5. The Labute approximate surface area is 144 Å². The van der Waals surface area contributed by atoms with Gasteiger partial charge in [0.2, 0.25) is 0 Å². The minimum absolute atomic E-state index is 0.328. The number of likely N-dealkylation sites (tertiary alicyclic amines) is 1. The third-order valence-electron chi connectivity index (χ3n) is 4.86. The first-order valence-corrected chi connectivity index (χ1v) is 8.85. The number of aromatic nitrogens is 3. The maximum absolute atomic E-state index is 4.59. The molecule has 5 nitrogen and oxygen atoms in total. The highest BCUT2D eigenvalue weighted by Gasteiger charge is 2.22. The number of pyridine rings is 1. The van der Waals surface area contributed by atoms with Gasteiger partial charge < -0.3 is 5.32 Å². The lowest BCUT2D eigenvalue weighted by molar-refractivity contribution is 0.170. The summed E-state index contributed by atoms with van der Waals surface area (Å²) < 4.78 is 0. The standard InChI is InChI=1S/C19H27N5/c1-14-15(2)22-16(3)23-19(14)21-13-18(17-8-7-9-20-12-17)24-10-5-4-6-11-24/h7-9,12,18H,4-6,10-11,13H2,1-3H3,(H,21,22,23). The monoisotopic (exact) mass is 325 g/mol. The van der Waals surface area contributed by atoms with E-state index in [1.807, 2.05) is 32.3 Å². The number of nitrogens with zero attached hydrogens (tertiary/aromatic N) is 4. The van der Waals surface area contributed by atoms with Gasteiger partial charge in [-0.25, -0.2) is 9.97 Å². The van der Waals surface area contributed by atoms with Crippen molar-refractivity contribution in [1.82, 2.24) is 19.9 Å². The van der Waals surface area contributed by atoms with E-state index in [1.54, 1.807) is 0 Å². The van der Waals surface area contributed by atoms with Crippen LogP contribution in [0.15, 0.2) is 24.5 Å². The van der Waals surface area contributed by atoms with Crippen LogP contribution >= 0.6 is 0 Å². The second-order valence-electron chi connectivity index (χ2n) is 6.61. The zero-order valence-corrected chi connectivity index (χ0v) is 14.9. The van der Waals surface area contributed by atoms with E-state index in [0.717, 1.165) is 42.5 Å². The summed E-state index contributed by atoms with van der Waals surface area (Å²) in [5, 5.41) is 3.57. The first kappa shape index (κ1) is 16.8. The van der Waals surface area contributed by atoms with E-state index >= 15 is 0 Å². The second-order valence-corrected chi connectivity index (χ2v) is 6.61. The normalized spacial score (nSPS) is 16.8. The van der Waals surface area contributed by atoms with Crippen LogP contribution in [0.3, 0.4) is 0 Å². The fourth-order valence-corrected chi connectivity index (χ4v) is 3.39. The van der Waals surface area contributed by atoms with Crippen LogP contribution in [0.5, 0.6) is 0 Å². The van der Waals surface area contributed by atoms with Gasteiger partial charge in [-0.1, -0.05) is 12.5 Å². The Hall–Kier alpha value is -2.01. The van der Waals surface area contributed by atoms with Crippen molar-refractivity contribution in [1.29, 1.82) is 0 Å². The first-order chi connectivity index (χ1) is 11.6. The summed E-state index contributed by atoms with van der Waals surface area (Å²) in [6, 6.07) is 4.53. The number of nitrogens with one attached hydrogen (secondary N) is 1. The Bertz CT molecular complexity index is 665.